The molecule has 1 unspecified atom stereocenters. The van der Waals surface area contributed by atoms with E-state index in [9.17, 15) is 9.90 Å². The Morgan fingerprint density at radius 2 is 2.14 bits per heavy atom. The molecule has 1 heterocycles. The molecule has 2 aromatic rings. The number of aliphatic hydroxyl groups is 1. The van der Waals surface area contributed by atoms with E-state index in [1.165, 1.54) is 6.07 Å². The summed E-state index contributed by atoms with van der Waals surface area (Å²) in [7, 11) is 0. The Balaban J connectivity index is 1.96. The zero-order valence-corrected chi connectivity index (χ0v) is 13.7. The van der Waals surface area contributed by atoms with E-state index < -0.39 is 5.60 Å². The third-order valence-electron chi connectivity index (χ3n) is 2.97. The van der Waals surface area contributed by atoms with Gasteiger partial charge in [-0.05, 0) is 47.5 Å². The first kappa shape index (κ1) is 16.3. The van der Waals surface area contributed by atoms with Crippen molar-refractivity contribution < 1.29 is 9.90 Å². The molecule has 0 saturated heterocycles. The summed E-state index contributed by atoms with van der Waals surface area (Å²) in [6, 6.07) is 6.64. The van der Waals surface area contributed by atoms with Crippen molar-refractivity contribution in [2.75, 3.05) is 6.54 Å². The van der Waals surface area contributed by atoms with Crippen molar-refractivity contribution in [3.63, 3.8) is 0 Å². The van der Waals surface area contributed by atoms with Crippen LogP contribution in [-0.2, 0) is 6.42 Å². The maximum absolute atomic E-state index is 12.1. The minimum Gasteiger partial charge on any atom is -0.388 e. The van der Waals surface area contributed by atoms with E-state index in [1.807, 2.05) is 16.8 Å². The number of carbonyl (C=O) groups excluding carboxylic acids is 1. The summed E-state index contributed by atoms with van der Waals surface area (Å²) in [5.41, 5.74) is 0.367. The standard InChI is InChI=1S/C15H15Cl2NO2S/c1-15(20,7-10-4-5-21-8-10)9-18-14(19)12-3-2-11(16)6-13(12)17/h2-6,8,20H,7,9H2,1H3,(H,18,19). The van der Waals surface area contributed by atoms with Crippen LogP contribution < -0.4 is 5.32 Å². The molecule has 0 aliphatic heterocycles. The zero-order chi connectivity index (χ0) is 15.5. The quantitative estimate of drug-likeness (QED) is 0.867. The van der Waals surface area contributed by atoms with Crippen molar-refractivity contribution in [3.05, 3.63) is 56.2 Å². The molecule has 112 valence electrons. The van der Waals surface area contributed by atoms with Gasteiger partial charge in [0, 0.05) is 18.0 Å². The highest BCUT2D eigenvalue weighted by Crippen LogP contribution is 2.21. The SMILES string of the molecule is CC(O)(CNC(=O)c1ccc(Cl)cc1Cl)Cc1ccsc1. The van der Waals surface area contributed by atoms with Gasteiger partial charge in [0.15, 0.2) is 0 Å². The van der Waals surface area contributed by atoms with Crippen molar-refractivity contribution in [3.8, 4) is 0 Å². The zero-order valence-electron chi connectivity index (χ0n) is 11.4. The molecule has 21 heavy (non-hydrogen) atoms. The fourth-order valence-corrected chi connectivity index (χ4v) is 3.10. The monoisotopic (exact) mass is 343 g/mol. The number of nitrogens with one attached hydrogen (secondary N) is 1. The lowest BCUT2D eigenvalue weighted by molar-refractivity contribution is 0.0553. The van der Waals surface area contributed by atoms with Gasteiger partial charge in [0.1, 0.15) is 0 Å². The molecule has 6 heteroatoms. The van der Waals surface area contributed by atoms with Crippen LogP contribution >= 0.6 is 34.5 Å². The van der Waals surface area contributed by atoms with Gasteiger partial charge in [-0.25, -0.2) is 0 Å². The molecule has 1 aromatic carbocycles. The summed E-state index contributed by atoms with van der Waals surface area (Å²) in [6.45, 7) is 1.83. The Bertz CT molecular complexity index is 627. The number of hydrogen-bond acceptors (Lipinski definition) is 3. The number of halogens is 2. The molecule has 0 radical (unpaired) electrons. The number of hydrogen-bond donors (Lipinski definition) is 2. The summed E-state index contributed by atoms with van der Waals surface area (Å²) >= 11 is 13.4. The minimum atomic E-state index is -1.02. The summed E-state index contributed by atoms with van der Waals surface area (Å²) < 4.78 is 0. The van der Waals surface area contributed by atoms with E-state index in [-0.39, 0.29) is 17.5 Å². The second-order valence-corrected chi connectivity index (χ2v) is 6.74. The molecule has 0 fully saturated rings. The molecular formula is C15H15Cl2NO2S. The van der Waals surface area contributed by atoms with Crippen LogP contribution in [0.1, 0.15) is 22.8 Å². The minimum absolute atomic E-state index is 0.140. The maximum atomic E-state index is 12.1. The highest BCUT2D eigenvalue weighted by molar-refractivity contribution is 7.07. The van der Waals surface area contributed by atoms with E-state index in [1.54, 1.807) is 30.4 Å². The van der Waals surface area contributed by atoms with Crippen LogP contribution in [0.2, 0.25) is 10.0 Å². The molecule has 2 rings (SSSR count). The molecule has 1 atom stereocenters. The molecule has 0 aliphatic carbocycles. The fraction of sp³-hybridized carbons (Fsp3) is 0.267. The first-order chi connectivity index (χ1) is 9.87. The van der Waals surface area contributed by atoms with Crippen LogP contribution in [0.4, 0.5) is 0 Å². The summed E-state index contributed by atoms with van der Waals surface area (Å²) in [6.07, 6.45) is 0.477. The van der Waals surface area contributed by atoms with Crippen LogP contribution in [-0.4, -0.2) is 23.2 Å². The fourth-order valence-electron chi connectivity index (χ4n) is 1.94. The Kier molecular flexibility index (Phi) is 5.27. The van der Waals surface area contributed by atoms with Crippen LogP contribution in [0.15, 0.2) is 35.0 Å². The van der Waals surface area contributed by atoms with Crippen molar-refractivity contribution in [2.45, 2.75) is 18.9 Å². The summed E-state index contributed by atoms with van der Waals surface area (Å²) in [4.78, 5) is 12.1. The Morgan fingerprint density at radius 1 is 1.38 bits per heavy atom. The van der Waals surface area contributed by atoms with Crippen LogP contribution in [0.3, 0.4) is 0 Å². The average molecular weight is 344 g/mol. The van der Waals surface area contributed by atoms with Gasteiger partial charge in [-0.15, -0.1) is 0 Å². The highest BCUT2D eigenvalue weighted by atomic mass is 35.5. The highest BCUT2D eigenvalue weighted by Gasteiger charge is 2.23. The Morgan fingerprint density at radius 3 is 2.76 bits per heavy atom. The van der Waals surface area contributed by atoms with Gasteiger partial charge >= 0.3 is 0 Å². The van der Waals surface area contributed by atoms with Crippen molar-refractivity contribution >= 4 is 40.4 Å². The average Bonchev–Trinajstić information content (AvgIpc) is 2.88. The predicted molar refractivity (Wildman–Crippen MR) is 87.4 cm³/mol. The van der Waals surface area contributed by atoms with Crippen molar-refractivity contribution in [2.24, 2.45) is 0 Å². The molecule has 3 nitrogen and oxygen atoms in total. The Hall–Kier alpha value is -1.07. The topological polar surface area (TPSA) is 49.3 Å². The maximum Gasteiger partial charge on any atom is 0.252 e. The molecule has 0 aliphatic rings. The molecule has 0 spiro atoms. The number of amides is 1. The second-order valence-electron chi connectivity index (χ2n) is 5.11. The lowest BCUT2D eigenvalue weighted by Crippen LogP contribution is -2.42. The Labute approximate surface area is 137 Å². The van der Waals surface area contributed by atoms with Gasteiger partial charge < -0.3 is 10.4 Å². The first-order valence-corrected chi connectivity index (χ1v) is 8.04. The van der Waals surface area contributed by atoms with Crippen molar-refractivity contribution in [1.82, 2.24) is 5.32 Å². The predicted octanol–water partition coefficient (Wildman–Crippen LogP) is 3.78. The smallest absolute Gasteiger partial charge is 0.252 e. The second kappa shape index (κ2) is 6.79. The van der Waals surface area contributed by atoms with Gasteiger partial charge in [-0.2, -0.15) is 11.3 Å². The van der Waals surface area contributed by atoms with Crippen molar-refractivity contribution in [1.29, 1.82) is 0 Å². The first-order valence-electron chi connectivity index (χ1n) is 6.34. The normalized spacial score (nSPS) is 13.7. The lowest BCUT2D eigenvalue weighted by Gasteiger charge is -2.23. The lowest BCUT2D eigenvalue weighted by atomic mass is 9.98. The molecule has 2 N–H and O–H groups in total. The van der Waals surface area contributed by atoms with Gasteiger partial charge in [-0.3, -0.25) is 4.79 Å². The van der Waals surface area contributed by atoms with Crippen LogP contribution in [0.5, 0.6) is 0 Å². The third-order valence-corrected chi connectivity index (χ3v) is 4.25. The van der Waals surface area contributed by atoms with E-state index in [0.29, 0.717) is 17.0 Å². The number of thiophene rings is 1. The van der Waals surface area contributed by atoms with E-state index in [0.717, 1.165) is 5.56 Å². The van der Waals surface area contributed by atoms with Gasteiger partial charge in [0.2, 0.25) is 0 Å². The molecule has 0 saturated carbocycles. The van der Waals surface area contributed by atoms with Crippen LogP contribution in [0, 0.1) is 0 Å². The summed E-state index contributed by atoms with van der Waals surface area (Å²) in [5.74, 6) is -0.331. The summed E-state index contributed by atoms with van der Waals surface area (Å²) in [5, 5.41) is 17.7. The van der Waals surface area contributed by atoms with Gasteiger partial charge in [0.25, 0.3) is 5.91 Å². The van der Waals surface area contributed by atoms with Gasteiger partial charge in [0.05, 0.1) is 16.2 Å². The third kappa shape index (κ3) is 4.71. The number of rotatable bonds is 5. The van der Waals surface area contributed by atoms with E-state index in [4.69, 9.17) is 23.2 Å². The largest absolute Gasteiger partial charge is 0.388 e. The van der Waals surface area contributed by atoms with Crippen LogP contribution in [0.25, 0.3) is 0 Å². The van der Waals surface area contributed by atoms with E-state index >= 15 is 0 Å². The van der Waals surface area contributed by atoms with Gasteiger partial charge in [-0.1, -0.05) is 23.2 Å². The number of carbonyl (C=O) groups is 1. The molecule has 1 aromatic heterocycles. The number of benzene rings is 1. The molecule has 1 amide bonds. The van der Waals surface area contributed by atoms with E-state index in [2.05, 4.69) is 5.32 Å². The molecular weight excluding hydrogens is 329 g/mol. The molecule has 0 bridgehead atoms.